The Labute approximate surface area is 121 Å². The summed E-state index contributed by atoms with van der Waals surface area (Å²) in [5.41, 5.74) is 16.3. The van der Waals surface area contributed by atoms with Gasteiger partial charge in [0, 0.05) is 30.5 Å². The van der Waals surface area contributed by atoms with Crippen LogP contribution in [-0.2, 0) is 9.53 Å². The molecule has 21 heavy (non-hydrogen) atoms. The van der Waals surface area contributed by atoms with Crippen molar-refractivity contribution in [2.24, 2.45) is 17.2 Å². The van der Waals surface area contributed by atoms with Gasteiger partial charge in [0.15, 0.2) is 0 Å². The van der Waals surface area contributed by atoms with E-state index in [9.17, 15) is 14.4 Å². The second-order valence-corrected chi connectivity index (χ2v) is 4.40. The van der Waals surface area contributed by atoms with Crippen molar-refractivity contribution >= 4 is 23.4 Å². The van der Waals surface area contributed by atoms with Gasteiger partial charge >= 0.3 is 0 Å². The number of carbonyl (C=O) groups excluding carboxylic acids is 3. The Bertz CT molecular complexity index is 527. The molecule has 0 aliphatic heterocycles. The van der Waals surface area contributed by atoms with E-state index < -0.39 is 23.8 Å². The molecule has 0 fully saturated rings. The quantitative estimate of drug-likeness (QED) is 0.518. The van der Waals surface area contributed by atoms with E-state index >= 15 is 0 Å². The molecule has 8 heteroatoms. The Kier molecular flexibility index (Phi) is 5.82. The number of amides is 3. The molecule has 0 saturated carbocycles. The van der Waals surface area contributed by atoms with Crippen molar-refractivity contribution in [1.29, 1.82) is 0 Å². The van der Waals surface area contributed by atoms with Crippen molar-refractivity contribution in [1.82, 2.24) is 0 Å². The molecule has 0 radical (unpaired) electrons. The summed E-state index contributed by atoms with van der Waals surface area (Å²) in [6.07, 6.45) is 0.334. The summed E-state index contributed by atoms with van der Waals surface area (Å²) >= 11 is 0. The fourth-order valence-electron chi connectivity index (χ4n) is 1.60. The predicted octanol–water partition coefficient (Wildman–Crippen LogP) is -0.813. The molecule has 0 heterocycles. The van der Waals surface area contributed by atoms with Crippen LogP contribution in [0.3, 0.4) is 0 Å². The van der Waals surface area contributed by atoms with Crippen molar-refractivity contribution in [2.45, 2.75) is 12.5 Å². The van der Waals surface area contributed by atoms with Gasteiger partial charge in [-0.15, -0.1) is 0 Å². The van der Waals surface area contributed by atoms with E-state index in [0.717, 1.165) is 0 Å². The number of rotatable bonds is 7. The zero-order valence-electron chi connectivity index (χ0n) is 11.6. The fourth-order valence-corrected chi connectivity index (χ4v) is 1.60. The lowest BCUT2D eigenvalue weighted by Crippen LogP contribution is -2.36. The van der Waals surface area contributed by atoms with Gasteiger partial charge in [-0.3, -0.25) is 14.4 Å². The van der Waals surface area contributed by atoms with Crippen LogP contribution in [0, 0.1) is 0 Å². The number of carbonyl (C=O) groups is 3. The summed E-state index contributed by atoms with van der Waals surface area (Å²) in [7, 11) is 1.50. The molecule has 1 aromatic rings. The largest absolute Gasteiger partial charge is 0.385 e. The Morgan fingerprint density at radius 1 is 1.14 bits per heavy atom. The van der Waals surface area contributed by atoms with Gasteiger partial charge in [-0.05, 0) is 24.6 Å². The number of nitrogens with one attached hydrogen (secondary N) is 1. The van der Waals surface area contributed by atoms with Gasteiger partial charge in [-0.25, -0.2) is 0 Å². The second kappa shape index (κ2) is 7.36. The summed E-state index contributed by atoms with van der Waals surface area (Å²) in [6.45, 7) is 0.336. The molecule has 0 aliphatic rings. The van der Waals surface area contributed by atoms with Crippen LogP contribution in [0.1, 0.15) is 27.1 Å². The molecule has 1 rings (SSSR count). The number of hydrogen-bond acceptors (Lipinski definition) is 5. The van der Waals surface area contributed by atoms with Crippen LogP contribution in [0.2, 0.25) is 0 Å². The van der Waals surface area contributed by atoms with E-state index in [1.165, 1.54) is 25.3 Å². The third kappa shape index (κ3) is 4.86. The van der Waals surface area contributed by atoms with E-state index in [1.54, 1.807) is 0 Å². The molecule has 3 amide bonds. The fraction of sp³-hybridized carbons (Fsp3) is 0.308. The molecule has 114 valence electrons. The summed E-state index contributed by atoms with van der Waals surface area (Å²) < 4.78 is 4.83. The maximum atomic E-state index is 11.9. The molecule has 8 nitrogen and oxygen atoms in total. The Morgan fingerprint density at radius 2 is 1.67 bits per heavy atom. The van der Waals surface area contributed by atoms with Gasteiger partial charge in [0.2, 0.25) is 17.7 Å². The van der Waals surface area contributed by atoms with Crippen molar-refractivity contribution in [3.05, 3.63) is 29.3 Å². The van der Waals surface area contributed by atoms with Crippen LogP contribution in [0.4, 0.5) is 5.69 Å². The van der Waals surface area contributed by atoms with Gasteiger partial charge in [0.25, 0.3) is 0 Å². The van der Waals surface area contributed by atoms with Crippen LogP contribution in [-0.4, -0.2) is 37.5 Å². The highest BCUT2D eigenvalue weighted by atomic mass is 16.5. The van der Waals surface area contributed by atoms with E-state index in [0.29, 0.717) is 13.0 Å². The monoisotopic (exact) mass is 294 g/mol. The Hall–Kier alpha value is -2.45. The normalized spacial score (nSPS) is 11.7. The summed E-state index contributed by atoms with van der Waals surface area (Å²) in [5.74, 6) is -1.95. The van der Waals surface area contributed by atoms with Crippen molar-refractivity contribution in [3.63, 3.8) is 0 Å². The average Bonchev–Trinajstić information content (AvgIpc) is 2.44. The molecular weight excluding hydrogens is 276 g/mol. The topological polar surface area (TPSA) is 151 Å². The van der Waals surface area contributed by atoms with Gasteiger partial charge in [-0.2, -0.15) is 0 Å². The summed E-state index contributed by atoms with van der Waals surface area (Å²) in [4.78, 5) is 34.3. The molecule has 0 saturated heterocycles. The minimum atomic E-state index is -0.779. The third-order valence-corrected chi connectivity index (χ3v) is 2.74. The molecule has 1 aromatic carbocycles. The smallest absolute Gasteiger partial charge is 0.248 e. The lowest BCUT2D eigenvalue weighted by atomic mass is 10.1. The number of hydrogen-bond donors (Lipinski definition) is 4. The van der Waals surface area contributed by atoms with Crippen molar-refractivity contribution in [2.75, 3.05) is 19.0 Å². The SMILES string of the molecule is COCCC(N)C(=O)Nc1cc(C(N)=O)cc(C(N)=O)c1. The average molecular weight is 294 g/mol. The minimum absolute atomic E-state index is 0.0621. The molecule has 1 unspecified atom stereocenters. The predicted molar refractivity (Wildman–Crippen MR) is 76.6 cm³/mol. The standard InChI is InChI=1S/C13H18N4O4/c1-21-3-2-10(14)13(20)17-9-5-7(11(15)18)4-8(6-9)12(16)19/h4-6,10H,2-3,14H2,1H3,(H2,15,18)(H2,16,19)(H,17,20). The first-order chi connectivity index (χ1) is 9.85. The minimum Gasteiger partial charge on any atom is -0.385 e. The lowest BCUT2D eigenvalue weighted by Gasteiger charge is -2.13. The lowest BCUT2D eigenvalue weighted by molar-refractivity contribution is -0.117. The molecular formula is C13H18N4O4. The van der Waals surface area contributed by atoms with Crippen LogP contribution in [0.5, 0.6) is 0 Å². The Balaban J connectivity index is 2.94. The number of ether oxygens (including phenoxy) is 1. The van der Waals surface area contributed by atoms with Crippen molar-refractivity contribution in [3.8, 4) is 0 Å². The maximum Gasteiger partial charge on any atom is 0.248 e. The highest BCUT2D eigenvalue weighted by molar-refractivity contribution is 6.02. The molecule has 0 bridgehead atoms. The molecule has 1 atom stereocenters. The number of benzene rings is 1. The van der Waals surface area contributed by atoms with Gasteiger partial charge < -0.3 is 27.3 Å². The van der Waals surface area contributed by atoms with Gasteiger partial charge in [-0.1, -0.05) is 0 Å². The van der Waals surface area contributed by atoms with Crippen LogP contribution in [0.15, 0.2) is 18.2 Å². The first-order valence-corrected chi connectivity index (χ1v) is 6.15. The first-order valence-electron chi connectivity index (χ1n) is 6.15. The van der Waals surface area contributed by atoms with Crippen LogP contribution in [0.25, 0.3) is 0 Å². The zero-order valence-corrected chi connectivity index (χ0v) is 11.6. The molecule has 0 spiro atoms. The van der Waals surface area contributed by atoms with Gasteiger partial charge in [0.1, 0.15) is 0 Å². The summed E-state index contributed by atoms with van der Waals surface area (Å²) in [6, 6.07) is 3.16. The maximum absolute atomic E-state index is 11.9. The number of methoxy groups -OCH3 is 1. The van der Waals surface area contributed by atoms with Crippen molar-refractivity contribution < 1.29 is 19.1 Å². The van der Waals surface area contributed by atoms with Gasteiger partial charge in [0.05, 0.1) is 6.04 Å². The number of primary amides is 2. The van der Waals surface area contributed by atoms with E-state index in [-0.39, 0.29) is 16.8 Å². The van der Waals surface area contributed by atoms with Crippen LogP contribution >= 0.6 is 0 Å². The number of anilines is 1. The highest BCUT2D eigenvalue weighted by Crippen LogP contribution is 2.15. The molecule has 0 aliphatic carbocycles. The number of nitrogens with two attached hydrogens (primary N) is 3. The Morgan fingerprint density at radius 3 is 2.10 bits per heavy atom. The van der Waals surface area contributed by atoms with E-state index in [2.05, 4.69) is 5.32 Å². The second-order valence-electron chi connectivity index (χ2n) is 4.40. The third-order valence-electron chi connectivity index (χ3n) is 2.74. The highest BCUT2D eigenvalue weighted by Gasteiger charge is 2.15. The zero-order chi connectivity index (χ0) is 16.0. The van der Waals surface area contributed by atoms with Crippen LogP contribution < -0.4 is 22.5 Å². The molecule has 0 aromatic heterocycles. The first kappa shape index (κ1) is 16.6. The van der Waals surface area contributed by atoms with E-state index in [4.69, 9.17) is 21.9 Å². The molecule has 7 N–H and O–H groups in total. The van der Waals surface area contributed by atoms with E-state index in [1.807, 2.05) is 0 Å². The summed E-state index contributed by atoms with van der Waals surface area (Å²) in [5, 5.41) is 2.51.